The maximum Gasteiger partial charge on any atom is 0.0811 e. The summed E-state index contributed by atoms with van der Waals surface area (Å²) in [5.74, 6) is 0.471. The topological polar surface area (TPSA) is 20.2 Å². The lowest BCUT2D eigenvalue weighted by atomic mass is 9.95. The molecular formula is C24H28OSi. The molecule has 2 aromatic carbocycles. The molecule has 1 N–H and O–H groups in total. The van der Waals surface area contributed by atoms with Crippen molar-refractivity contribution in [3.8, 4) is 11.1 Å². The van der Waals surface area contributed by atoms with E-state index in [1.807, 2.05) is 0 Å². The minimum atomic E-state index is -1.51. The molecular weight excluding hydrogens is 332 g/mol. The van der Waals surface area contributed by atoms with Crippen LogP contribution in [0.2, 0.25) is 19.1 Å². The molecule has 0 spiro atoms. The molecule has 0 saturated heterocycles. The molecule has 0 fully saturated rings. The summed E-state index contributed by atoms with van der Waals surface area (Å²) in [7, 11) is -1.51. The first-order valence-corrected chi connectivity index (χ1v) is 13.0. The van der Waals surface area contributed by atoms with Crippen LogP contribution in [0.5, 0.6) is 0 Å². The van der Waals surface area contributed by atoms with Crippen molar-refractivity contribution in [2.45, 2.75) is 44.8 Å². The Labute approximate surface area is 158 Å². The van der Waals surface area contributed by atoms with Gasteiger partial charge in [-0.15, -0.1) is 0 Å². The van der Waals surface area contributed by atoms with E-state index >= 15 is 0 Å². The number of aliphatic hydroxyl groups excluding tert-OH is 1. The van der Waals surface area contributed by atoms with Crippen molar-refractivity contribution in [2.24, 2.45) is 0 Å². The summed E-state index contributed by atoms with van der Waals surface area (Å²) in [6.45, 7) is 7.52. The van der Waals surface area contributed by atoms with Gasteiger partial charge in [0.1, 0.15) is 0 Å². The lowest BCUT2D eigenvalue weighted by Gasteiger charge is -2.25. The highest BCUT2D eigenvalue weighted by Gasteiger charge is 2.30. The minimum Gasteiger partial charge on any atom is -0.396 e. The molecule has 2 aliphatic rings. The largest absolute Gasteiger partial charge is 0.396 e. The number of hydrogen-bond donors (Lipinski definition) is 1. The van der Waals surface area contributed by atoms with Gasteiger partial charge in [-0.1, -0.05) is 85.9 Å². The molecule has 0 bridgehead atoms. The van der Waals surface area contributed by atoms with Gasteiger partial charge < -0.3 is 5.11 Å². The monoisotopic (exact) mass is 360 g/mol. The van der Waals surface area contributed by atoms with Crippen LogP contribution >= 0.6 is 0 Å². The molecule has 0 saturated carbocycles. The fourth-order valence-electron chi connectivity index (χ4n) is 4.71. The van der Waals surface area contributed by atoms with E-state index in [-0.39, 0.29) is 0 Å². The number of aliphatic hydroxyl groups is 1. The fourth-order valence-corrected chi connectivity index (χ4v) is 7.65. The van der Waals surface area contributed by atoms with Gasteiger partial charge >= 0.3 is 0 Å². The summed E-state index contributed by atoms with van der Waals surface area (Å²) >= 11 is 0. The van der Waals surface area contributed by atoms with Crippen molar-refractivity contribution in [3.05, 3.63) is 76.5 Å². The second kappa shape index (κ2) is 6.68. The normalized spacial score (nSPS) is 18.4. The number of hydrogen-bond acceptors (Lipinski definition) is 1. The molecule has 2 aliphatic carbocycles. The molecule has 1 unspecified atom stereocenters. The van der Waals surface area contributed by atoms with Gasteiger partial charge in [-0.3, -0.25) is 0 Å². The molecule has 0 amide bonds. The predicted molar refractivity (Wildman–Crippen MR) is 114 cm³/mol. The molecule has 0 heterocycles. The third-order valence-electron chi connectivity index (χ3n) is 6.20. The van der Waals surface area contributed by atoms with Crippen molar-refractivity contribution in [2.75, 3.05) is 6.61 Å². The lowest BCUT2D eigenvalue weighted by Crippen LogP contribution is -2.28. The van der Waals surface area contributed by atoms with Crippen LogP contribution in [-0.4, -0.2) is 19.8 Å². The molecule has 2 aromatic rings. The zero-order valence-corrected chi connectivity index (χ0v) is 17.0. The number of rotatable bonds is 5. The van der Waals surface area contributed by atoms with Crippen molar-refractivity contribution >= 4 is 13.6 Å². The molecule has 0 aromatic heterocycles. The Morgan fingerprint density at radius 3 is 2.62 bits per heavy atom. The van der Waals surface area contributed by atoms with Crippen LogP contribution in [0.4, 0.5) is 0 Å². The second-order valence-electron chi connectivity index (χ2n) is 8.32. The van der Waals surface area contributed by atoms with Crippen LogP contribution in [-0.2, 0) is 0 Å². The van der Waals surface area contributed by atoms with Gasteiger partial charge in [0, 0.05) is 12.5 Å². The van der Waals surface area contributed by atoms with E-state index in [0.717, 1.165) is 18.9 Å². The van der Waals surface area contributed by atoms with E-state index in [2.05, 4.69) is 74.6 Å². The van der Waals surface area contributed by atoms with Gasteiger partial charge in [0.15, 0.2) is 0 Å². The Kier molecular flexibility index (Phi) is 4.50. The quantitative estimate of drug-likeness (QED) is 0.633. The summed E-state index contributed by atoms with van der Waals surface area (Å²) < 4.78 is 0. The lowest BCUT2D eigenvalue weighted by molar-refractivity contribution is 0.294. The average molecular weight is 361 g/mol. The maximum atomic E-state index is 9.26. The number of benzene rings is 2. The molecule has 134 valence electrons. The van der Waals surface area contributed by atoms with E-state index in [0.29, 0.717) is 12.5 Å². The number of fused-ring (bicyclic) bond motifs is 3. The SMILES string of the molecule is CC1c2ccccc2-c2ccc(C3=C([Si](C)(C)CCCO)C=CC3)cc21. The van der Waals surface area contributed by atoms with E-state index < -0.39 is 8.07 Å². The van der Waals surface area contributed by atoms with Gasteiger partial charge in [0.25, 0.3) is 0 Å². The van der Waals surface area contributed by atoms with Crippen LogP contribution in [0, 0.1) is 0 Å². The van der Waals surface area contributed by atoms with Crippen LogP contribution < -0.4 is 0 Å². The van der Waals surface area contributed by atoms with Crippen LogP contribution in [0.25, 0.3) is 16.7 Å². The Balaban J connectivity index is 1.75. The van der Waals surface area contributed by atoms with Gasteiger partial charge in [0.05, 0.1) is 8.07 Å². The fraction of sp³-hybridized carbons (Fsp3) is 0.333. The van der Waals surface area contributed by atoms with Gasteiger partial charge in [0.2, 0.25) is 0 Å². The van der Waals surface area contributed by atoms with Gasteiger partial charge in [-0.05, 0) is 46.2 Å². The second-order valence-corrected chi connectivity index (χ2v) is 13.1. The summed E-state index contributed by atoms with van der Waals surface area (Å²) in [5, 5.41) is 10.8. The summed E-state index contributed by atoms with van der Waals surface area (Å²) in [5.41, 5.74) is 8.64. The molecule has 0 radical (unpaired) electrons. The zero-order valence-electron chi connectivity index (χ0n) is 16.0. The van der Waals surface area contributed by atoms with Gasteiger partial charge in [-0.2, -0.15) is 0 Å². The summed E-state index contributed by atoms with van der Waals surface area (Å²) in [6.07, 6.45) is 6.65. The molecule has 4 rings (SSSR count). The van der Waals surface area contributed by atoms with Crippen molar-refractivity contribution in [3.63, 3.8) is 0 Å². The molecule has 2 heteroatoms. The first-order valence-electron chi connectivity index (χ1n) is 9.77. The van der Waals surface area contributed by atoms with Crippen LogP contribution in [0.1, 0.15) is 42.4 Å². The van der Waals surface area contributed by atoms with Crippen molar-refractivity contribution in [1.29, 1.82) is 0 Å². The maximum absolute atomic E-state index is 9.26. The standard InChI is InChI=1S/C24H28OSi/c1-17-19-8-4-5-9-21(19)22-13-12-18(16-23(17)22)20-10-6-11-24(20)26(2,3)15-7-14-25/h4-6,8-9,11-13,16-17,25H,7,10,14-15H2,1-3H3. The minimum absolute atomic E-state index is 0.303. The Morgan fingerprint density at radius 1 is 1.04 bits per heavy atom. The Bertz CT molecular complexity index is 904. The first-order chi connectivity index (χ1) is 12.5. The summed E-state index contributed by atoms with van der Waals surface area (Å²) in [4.78, 5) is 0. The zero-order chi connectivity index (χ0) is 18.3. The predicted octanol–water partition coefficient (Wildman–Crippen LogP) is 6.16. The molecule has 0 aliphatic heterocycles. The van der Waals surface area contributed by atoms with E-state index in [1.165, 1.54) is 33.4 Å². The van der Waals surface area contributed by atoms with Gasteiger partial charge in [-0.25, -0.2) is 0 Å². The third kappa shape index (κ3) is 2.82. The molecule has 1 atom stereocenters. The highest BCUT2D eigenvalue weighted by atomic mass is 28.3. The third-order valence-corrected chi connectivity index (χ3v) is 9.73. The van der Waals surface area contributed by atoms with Crippen molar-refractivity contribution in [1.82, 2.24) is 0 Å². The Morgan fingerprint density at radius 2 is 1.81 bits per heavy atom. The van der Waals surface area contributed by atoms with E-state index in [1.54, 1.807) is 5.20 Å². The molecule has 26 heavy (non-hydrogen) atoms. The van der Waals surface area contributed by atoms with Crippen LogP contribution in [0.15, 0.2) is 59.8 Å². The average Bonchev–Trinajstić information content (AvgIpc) is 3.25. The highest BCUT2D eigenvalue weighted by molar-refractivity contribution is 6.85. The van der Waals surface area contributed by atoms with Crippen molar-refractivity contribution < 1.29 is 5.11 Å². The first kappa shape index (κ1) is 17.5. The highest BCUT2D eigenvalue weighted by Crippen LogP contribution is 2.46. The smallest absolute Gasteiger partial charge is 0.0811 e. The molecule has 1 nitrogen and oxygen atoms in total. The Hall–Kier alpha value is -1.90. The summed E-state index contributed by atoms with van der Waals surface area (Å²) in [6, 6.07) is 17.1. The van der Waals surface area contributed by atoms with E-state index in [9.17, 15) is 5.11 Å². The number of allylic oxidation sites excluding steroid dienone is 4. The van der Waals surface area contributed by atoms with E-state index in [4.69, 9.17) is 0 Å². The van der Waals surface area contributed by atoms with Crippen LogP contribution in [0.3, 0.4) is 0 Å².